The highest BCUT2D eigenvalue weighted by atomic mass is 79.9. The van der Waals surface area contributed by atoms with E-state index in [1.165, 1.54) is 0 Å². The molecule has 0 bridgehead atoms. The lowest BCUT2D eigenvalue weighted by molar-refractivity contribution is -0.158. The van der Waals surface area contributed by atoms with Gasteiger partial charge < -0.3 is 9.84 Å². The predicted octanol–water partition coefficient (Wildman–Crippen LogP) is 4.11. The van der Waals surface area contributed by atoms with Crippen LogP contribution in [0.15, 0.2) is 27.1 Å². The van der Waals surface area contributed by atoms with Crippen molar-refractivity contribution in [2.45, 2.75) is 38.7 Å². The lowest BCUT2D eigenvalue weighted by atomic mass is 9.96. The molecule has 0 saturated heterocycles. The number of halogens is 2. The quantitative estimate of drug-likeness (QED) is 0.762. The maximum atomic E-state index is 11.8. The van der Waals surface area contributed by atoms with Crippen LogP contribution < -0.4 is 0 Å². The maximum absolute atomic E-state index is 11.8. The molecule has 0 aliphatic heterocycles. The lowest BCUT2D eigenvalue weighted by Crippen LogP contribution is -2.26. The zero-order valence-corrected chi connectivity index (χ0v) is 14.6. The van der Waals surface area contributed by atoms with E-state index in [2.05, 4.69) is 31.9 Å². The van der Waals surface area contributed by atoms with E-state index in [-0.39, 0.29) is 6.42 Å². The van der Waals surface area contributed by atoms with Gasteiger partial charge in [-0.25, -0.2) is 0 Å². The number of carbonyl (C=O) groups excluding carboxylic acids is 1. The Hall–Kier alpha value is -0.880. The van der Waals surface area contributed by atoms with Crippen LogP contribution in [0.5, 0.6) is 0 Å². The van der Waals surface area contributed by atoms with Gasteiger partial charge in [0.05, 0.1) is 12.3 Å². The van der Waals surface area contributed by atoms with E-state index in [4.69, 9.17) is 4.74 Å². The third kappa shape index (κ3) is 5.63. The molecule has 1 aromatic rings. The summed E-state index contributed by atoms with van der Waals surface area (Å²) in [5.41, 5.74) is -0.0811. The number of hydrogen-bond donors (Lipinski definition) is 1. The maximum Gasteiger partial charge on any atom is 0.311 e. The highest BCUT2D eigenvalue weighted by Crippen LogP contribution is 2.28. The molecule has 0 amide bonds. The molecule has 1 rings (SSSR count). The van der Waals surface area contributed by atoms with Gasteiger partial charge in [-0.05, 0) is 44.5 Å². The Bertz CT molecular complexity index is 500. The molecule has 0 unspecified atom stereocenters. The molecule has 20 heavy (non-hydrogen) atoms. The van der Waals surface area contributed by atoms with Crippen molar-refractivity contribution in [2.75, 3.05) is 0 Å². The fourth-order valence-corrected chi connectivity index (χ4v) is 3.00. The Kier molecular flexibility index (Phi) is 5.77. The molecular weight excluding hydrogens is 392 g/mol. The minimum atomic E-state index is -1.05. The van der Waals surface area contributed by atoms with Gasteiger partial charge in [-0.3, -0.25) is 9.59 Å². The Morgan fingerprint density at radius 1 is 1.20 bits per heavy atom. The highest BCUT2D eigenvalue weighted by Gasteiger charge is 2.27. The van der Waals surface area contributed by atoms with Gasteiger partial charge in [-0.2, -0.15) is 0 Å². The van der Waals surface area contributed by atoms with E-state index in [0.29, 0.717) is 5.56 Å². The standard InChI is InChI=1S/C14H16Br2O4/c1-14(2,3)20-12(17)7-11(13(18)19)8-4-9(15)6-10(16)5-8/h4-6,11H,7H2,1-3H3,(H,18,19)/t11-/m0/s1. The summed E-state index contributed by atoms with van der Waals surface area (Å²) in [6.45, 7) is 5.24. The molecule has 0 aliphatic rings. The fourth-order valence-electron chi connectivity index (χ4n) is 1.67. The SMILES string of the molecule is CC(C)(C)OC(=O)C[C@H](C(=O)O)c1cc(Br)cc(Br)c1. The lowest BCUT2D eigenvalue weighted by Gasteiger charge is -2.21. The van der Waals surface area contributed by atoms with Crippen molar-refractivity contribution in [3.8, 4) is 0 Å². The number of rotatable bonds is 4. The summed E-state index contributed by atoms with van der Waals surface area (Å²) in [4.78, 5) is 23.2. The van der Waals surface area contributed by atoms with Crippen LogP contribution in [0.25, 0.3) is 0 Å². The van der Waals surface area contributed by atoms with Gasteiger partial charge in [0.15, 0.2) is 0 Å². The number of hydrogen-bond acceptors (Lipinski definition) is 3. The van der Waals surface area contributed by atoms with Crippen LogP contribution in [0.1, 0.15) is 38.7 Å². The number of carbonyl (C=O) groups is 2. The van der Waals surface area contributed by atoms with Gasteiger partial charge in [0, 0.05) is 8.95 Å². The highest BCUT2D eigenvalue weighted by molar-refractivity contribution is 9.11. The molecule has 0 spiro atoms. The van der Waals surface area contributed by atoms with E-state index >= 15 is 0 Å². The van der Waals surface area contributed by atoms with Gasteiger partial charge >= 0.3 is 11.9 Å². The van der Waals surface area contributed by atoms with Crippen LogP contribution >= 0.6 is 31.9 Å². The molecule has 1 atom stereocenters. The summed E-state index contributed by atoms with van der Waals surface area (Å²) in [6, 6.07) is 5.18. The molecule has 0 fully saturated rings. The molecule has 0 saturated carbocycles. The van der Waals surface area contributed by atoms with Crippen molar-refractivity contribution in [1.82, 2.24) is 0 Å². The number of benzene rings is 1. The first kappa shape index (κ1) is 17.2. The molecule has 4 nitrogen and oxygen atoms in total. The van der Waals surface area contributed by atoms with Gasteiger partial charge in [-0.15, -0.1) is 0 Å². The average Bonchev–Trinajstić information content (AvgIpc) is 2.21. The molecule has 1 aromatic carbocycles. The van der Waals surface area contributed by atoms with E-state index in [1.54, 1.807) is 39.0 Å². The molecular formula is C14H16Br2O4. The summed E-state index contributed by atoms with van der Waals surface area (Å²) >= 11 is 6.61. The van der Waals surface area contributed by atoms with Crippen LogP contribution in [0.2, 0.25) is 0 Å². The number of aliphatic carboxylic acids is 1. The van der Waals surface area contributed by atoms with Crippen molar-refractivity contribution >= 4 is 43.8 Å². The minimum Gasteiger partial charge on any atom is -0.481 e. The Labute approximate surface area is 134 Å². The molecule has 0 heterocycles. The van der Waals surface area contributed by atoms with Crippen molar-refractivity contribution < 1.29 is 19.4 Å². The van der Waals surface area contributed by atoms with Crippen molar-refractivity contribution in [3.05, 3.63) is 32.7 Å². The topological polar surface area (TPSA) is 63.6 Å². The van der Waals surface area contributed by atoms with Crippen LogP contribution in [0, 0.1) is 0 Å². The van der Waals surface area contributed by atoms with Crippen molar-refractivity contribution in [2.24, 2.45) is 0 Å². The fraction of sp³-hybridized carbons (Fsp3) is 0.429. The normalized spacial score (nSPS) is 12.8. The summed E-state index contributed by atoms with van der Waals surface area (Å²) in [6.07, 6.45) is -0.199. The summed E-state index contributed by atoms with van der Waals surface area (Å²) in [5.74, 6) is -2.51. The Balaban J connectivity index is 2.95. The summed E-state index contributed by atoms with van der Waals surface area (Å²) < 4.78 is 6.67. The first-order valence-electron chi connectivity index (χ1n) is 5.99. The Morgan fingerprint density at radius 2 is 1.70 bits per heavy atom. The van der Waals surface area contributed by atoms with Crippen molar-refractivity contribution in [3.63, 3.8) is 0 Å². The zero-order valence-electron chi connectivity index (χ0n) is 11.4. The van der Waals surface area contributed by atoms with Crippen molar-refractivity contribution in [1.29, 1.82) is 0 Å². The monoisotopic (exact) mass is 406 g/mol. The number of esters is 1. The van der Waals surface area contributed by atoms with Gasteiger partial charge in [0.2, 0.25) is 0 Å². The summed E-state index contributed by atoms with van der Waals surface area (Å²) in [7, 11) is 0. The van der Waals surface area contributed by atoms with E-state index < -0.39 is 23.5 Å². The number of carboxylic acid groups (broad SMARTS) is 1. The first-order chi connectivity index (χ1) is 9.08. The average molecular weight is 408 g/mol. The summed E-state index contributed by atoms with van der Waals surface area (Å²) in [5, 5.41) is 9.32. The molecule has 110 valence electrons. The van der Waals surface area contributed by atoms with Gasteiger partial charge in [0.1, 0.15) is 5.60 Å². The third-order valence-corrected chi connectivity index (χ3v) is 3.29. The van der Waals surface area contributed by atoms with E-state index in [0.717, 1.165) is 8.95 Å². The second kappa shape index (κ2) is 6.72. The molecule has 0 aliphatic carbocycles. The molecule has 0 radical (unpaired) electrons. The smallest absolute Gasteiger partial charge is 0.311 e. The zero-order chi connectivity index (χ0) is 15.5. The van der Waals surface area contributed by atoms with Crippen LogP contribution in [-0.4, -0.2) is 22.6 Å². The van der Waals surface area contributed by atoms with E-state index in [1.807, 2.05) is 0 Å². The minimum absolute atomic E-state index is 0.199. The van der Waals surface area contributed by atoms with Gasteiger partial charge in [0.25, 0.3) is 0 Å². The van der Waals surface area contributed by atoms with Crippen LogP contribution in [-0.2, 0) is 14.3 Å². The second-order valence-corrected chi connectivity index (χ2v) is 7.22. The molecule has 6 heteroatoms. The largest absolute Gasteiger partial charge is 0.481 e. The van der Waals surface area contributed by atoms with Crippen LogP contribution in [0.4, 0.5) is 0 Å². The number of carboxylic acids is 1. The van der Waals surface area contributed by atoms with Crippen LogP contribution in [0.3, 0.4) is 0 Å². The molecule has 0 aromatic heterocycles. The number of ether oxygens (including phenoxy) is 1. The van der Waals surface area contributed by atoms with Gasteiger partial charge in [-0.1, -0.05) is 31.9 Å². The third-order valence-electron chi connectivity index (χ3n) is 2.38. The van der Waals surface area contributed by atoms with E-state index in [9.17, 15) is 14.7 Å². The second-order valence-electron chi connectivity index (χ2n) is 5.38. The first-order valence-corrected chi connectivity index (χ1v) is 7.58. The predicted molar refractivity (Wildman–Crippen MR) is 82.7 cm³/mol. The molecule has 1 N–H and O–H groups in total. The Morgan fingerprint density at radius 3 is 2.10 bits per heavy atom.